The van der Waals surface area contributed by atoms with Gasteiger partial charge in [0, 0.05) is 13.1 Å². The number of carbonyl (C=O) groups excluding carboxylic acids is 2. The van der Waals surface area contributed by atoms with Gasteiger partial charge in [0.1, 0.15) is 0 Å². The molecular formula is C20H20N6O2S. The molecule has 5 rings (SSSR count). The van der Waals surface area contributed by atoms with Gasteiger partial charge in [-0.05, 0) is 41.6 Å². The molecule has 29 heavy (non-hydrogen) atoms. The van der Waals surface area contributed by atoms with Gasteiger partial charge in [-0.2, -0.15) is 4.80 Å². The number of anilines is 1. The summed E-state index contributed by atoms with van der Waals surface area (Å²) in [6.07, 6.45) is 1.88. The summed E-state index contributed by atoms with van der Waals surface area (Å²) in [4.78, 5) is 31.6. The van der Waals surface area contributed by atoms with E-state index in [1.165, 1.54) is 4.90 Å². The number of thiophene rings is 1. The molecule has 2 aliphatic heterocycles. The van der Waals surface area contributed by atoms with Crippen molar-refractivity contribution in [3.8, 4) is 10.7 Å². The number of amides is 2. The average Bonchev–Trinajstić information content (AvgIpc) is 3.49. The maximum atomic E-state index is 12.9. The second-order valence-electron chi connectivity index (χ2n) is 7.30. The molecular weight excluding hydrogens is 388 g/mol. The van der Waals surface area contributed by atoms with Gasteiger partial charge in [-0.15, -0.1) is 21.5 Å². The van der Waals surface area contributed by atoms with Crippen LogP contribution in [0.4, 0.5) is 5.69 Å². The zero-order valence-electron chi connectivity index (χ0n) is 15.7. The fraction of sp³-hybridized carbons (Fsp3) is 0.350. The minimum absolute atomic E-state index is 0.126. The lowest BCUT2D eigenvalue weighted by atomic mass is 10.0. The molecule has 3 aromatic rings. The average molecular weight is 408 g/mol. The number of imide groups is 1. The van der Waals surface area contributed by atoms with Gasteiger partial charge < -0.3 is 0 Å². The highest BCUT2D eigenvalue weighted by atomic mass is 32.1. The second-order valence-corrected chi connectivity index (χ2v) is 8.25. The minimum Gasteiger partial charge on any atom is -0.291 e. The Labute approximate surface area is 171 Å². The van der Waals surface area contributed by atoms with Crippen LogP contribution < -0.4 is 4.90 Å². The summed E-state index contributed by atoms with van der Waals surface area (Å²) < 4.78 is 0. The van der Waals surface area contributed by atoms with Gasteiger partial charge in [0.15, 0.2) is 0 Å². The number of para-hydroxylation sites is 1. The van der Waals surface area contributed by atoms with E-state index in [1.54, 1.807) is 28.3 Å². The number of hydrogen-bond donors (Lipinski definition) is 0. The number of tetrazole rings is 1. The van der Waals surface area contributed by atoms with Crippen molar-refractivity contribution in [1.82, 2.24) is 25.1 Å². The SMILES string of the molecule is O=C1C[C@@H](N2CCC(n3nnc(-c4cccs4)n3)CC2)C(=O)N1c1ccccc1. The molecule has 2 fully saturated rings. The van der Waals surface area contributed by atoms with Crippen molar-refractivity contribution in [2.24, 2.45) is 0 Å². The summed E-state index contributed by atoms with van der Waals surface area (Å²) in [5.41, 5.74) is 0.646. The minimum atomic E-state index is -0.381. The third kappa shape index (κ3) is 3.36. The Morgan fingerprint density at radius 1 is 1.00 bits per heavy atom. The summed E-state index contributed by atoms with van der Waals surface area (Å²) in [5.74, 6) is 0.392. The van der Waals surface area contributed by atoms with E-state index in [9.17, 15) is 9.59 Å². The van der Waals surface area contributed by atoms with Crippen LogP contribution in [0.15, 0.2) is 47.8 Å². The lowest BCUT2D eigenvalue weighted by Gasteiger charge is -2.34. The van der Waals surface area contributed by atoms with Crippen LogP contribution in [-0.4, -0.2) is 56.1 Å². The Kier molecular flexibility index (Phi) is 4.69. The molecule has 4 heterocycles. The number of piperidine rings is 1. The highest BCUT2D eigenvalue weighted by molar-refractivity contribution is 7.13. The maximum Gasteiger partial charge on any atom is 0.251 e. The highest BCUT2D eigenvalue weighted by Crippen LogP contribution is 2.30. The van der Waals surface area contributed by atoms with E-state index in [1.807, 2.05) is 35.7 Å². The van der Waals surface area contributed by atoms with Gasteiger partial charge in [0.2, 0.25) is 11.7 Å². The van der Waals surface area contributed by atoms with Crippen LogP contribution in [0.3, 0.4) is 0 Å². The van der Waals surface area contributed by atoms with Gasteiger partial charge in [0.25, 0.3) is 5.91 Å². The number of carbonyl (C=O) groups is 2. The van der Waals surface area contributed by atoms with E-state index in [0.717, 1.165) is 30.8 Å². The zero-order valence-corrected chi connectivity index (χ0v) is 16.5. The smallest absolute Gasteiger partial charge is 0.251 e. The largest absolute Gasteiger partial charge is 0.291 e. The van der Waals surface area contributed by atoms with Crippen LogP contribution in [0.1, 0.15) is 25.3 Å². The standard InChI is InChI=1S/C20H20N6O2S/c27-18-13-16(20(28)25(18)14-5-2-1-3-6-14)24-10-8-15(9-11-24)26-22-19(21-23-26)17-7-4-12-29-17/h1-7,12,15-16H,8-11,13H2/t16-/m1/s1. The fourth-order valence-electron chi connectivity index (χ4n) is 4.06. The summed E-state index contributed by atoms with van der Waals surface area (Å²) in [6.45, 7) is 1.46. The first-order valence-corrected chi connectivity index (χ1v) is 10.6. The van der Waals surface area contributed by atoms with Crippen LogP contribution in [0.2, 0.25) is 0 Å². The maximum absolute atomic E-state index is 12.9. The van der Waals surface area contributed by atoms with Crippen molar-refractivity contribution in [3.63, 3.8) is 0 Å². The van der Waals surface area contributed by atoms with Crippen molar-refractivity contribution in [2.45, 2.75) is 31.3 Å². The van der Waals surface area contributed by atoms with E-state index >= 15 is 0 Å². The van der Waals surface area contributed by atoms with Gasteiger partial charge in [0.05, 0.1) is 29.1 Å². The molecule has 0 spiro atoms. The summed E-state index contributed by atoms with van der Waals surface area (Å²) in [5, 5.41) is 14.9. The number of hydrogen-bond acceptors (Lipinski definition) is 7. The van der Waals surface area contributed by atoms with Crippen molar-refractivity contribution < 1.29 is 9.59 Å². The third-order valence-corrected chi connectivity index (χ3v) is 6.44. The molecule has 0 bridgehead atoms. The van der Waals surface area contributed by atoms with Crippen LogP contribution in [-0.2, 0) is 9.59 Å². The van der Waals surface area contributed by atoms with E-state index in [2.05, 4.69) is 20.3 Å². The van der Waals surface area contributed by atoms with Crippen LogP contribution in [0, 0.1) is 0 Å². The normalized spacial score (nSPS) is 21.2. The van der Waals surface area contributed by atoms with Crippen molar-refractivity contribution in [1.29, 1.82) is 0 Å². The molecule has 1 atom stereocenters. The molecule has 148 valence electrons. The van der Waals surface area contributed by atoms with E-state index < -0.39 is 0 Å². The summed E-state index contributed by atoms with van der Waals surface area (Å²) in [7, 11) is 0. The molecule has 2 amide bonds. The molecule has 0 radical (unpaired) electrons. The van der Waals surface area contributed by atoms with E-state index in [-0.39, 0.29) is 30.3 Å². The predicted molar refractivity (Wildman–Crippen MR) is 108 cm³/mol. The lowest BCUT2D eigenvalue weighted by Crippen LogP contribution is -2.46. The van der Waals surface area contributed by atoms with Crippen LogP contribution >= 0.6 is 11.3 Å². The predicted octanol–water partition coefficient (Wildman–Crippen LogP) is 2.37. The first-order valence-electron chi connectivity index (χ1n) is 9.70. The topological polar surface area (TPSA) is 84.2 Å². The van der Waals surface area contributed by atoms with Crippen LogP contribution in [0.25, 0.3) is 10.7 Å². The molecule has 2 aliphatic rings. The molecule has 2 aromatic heterocycles. The molecule has 8 nitrogen and oxygen atoms in total. The Balaban J connectivity index is 1.24. The molecule has 0 aliphatic carbocycles. The first kappa shape index (κ1) is 18.1. The van der Waals surface area contributed by atoms with Gasteiger partial charge >= 0.3 is 0 Å². The molecule has 0 saturated carbocycles. The van der Waals surface area contributed by atoms with Crippen molar-refractivity contribution >= 4 is 28.8 Å². The molecule has 2 saturated heterocycles. The molecule has 0 unspecified atom stereocenters. The monoisotopic (exact) mass is 408 g/mol. The first-order chi connectivity index (χ1) is 14.2. The molecule has 1 aromatic carbocycles. The number of rotatable bonds is 4. The quantitative estimate of drug-likeness (QED) is 0.616. The van der Waals surface area contributed by atoms with Crippen molar-refractivity contribution in [2.75, 3.05) is 18.0 Å². The van der Waals surface area contributed by atoms with Gasteiger partial charge in [-0.3, -0.25) is 14.5 Å². The Morgan fingerprint density at radius 3 is 2.52 bits per heavy atom. The third-order valence-electron chi connectivity index (χ3n) is 5.57. The molecule has 9 heteroatoms. The Hall–Kier alpha value is -2.91. The number of nitrogens with zero attached hydrogens (tertiary/aromatic N) is 6. The van der Waals surface area contributed by atoms with E-state index in [0.29, 0.717) is 11.5 Å². The number of benzene rings is 1. The Bertz CT molecular complexity index is 1010. The highest BCUT2D eigenvalue weighted by Gasteiger charge is 2.43. The fourth-order valence-corrected chi connectivity index (χ4v) is 4.71. The molecule has 0 N–H and O–H groups in total. The van der Waals surface area contributed by atoms with Gasteiger partial charge in [-0.1, -0.05) is 24.3 Å². The van der Waals surface area contributed by atoms with Crippen LogP contribution in [0.5, 0.6) is 0 Å². The van der Waals surface area contributed by atoms with Gasteiger partial charge in [-0.25, -0.2) is 4.90 Å². The van der Waals surface area contributed by atoms with E-state index in [4.69, 9.17) is 0 Å². The second kappa shape index (κ2) is 7.49. The number of likely N-dealkylation sites (tertiary alicyclic amines) is 1. The zero-order chi connectivity index (χ0) is 19.8. The number of aromatic nitrogens is 4. The van der Waals surface area contributed by atoms with Crippen molar-refractivity contribution in [3.05, 3.63) is 47.8 Å². The summed E-state index contributed by atoms with van der Waals surface area (Å²) in [6, 6.07) is 12.9. The lowest BCUT2D eigenvalue weighted by molar-refractivity contribution is -0.123. The summed E-state index contributed by atoms with van der Waals surface area (Å²) >= 11 is 1.59. The Morgan fingerprint density at radius 2 is 1.79 bits per heavy atom.